The second kappa shape index (κ2) is 8.86. The summed E-state index contributed by atoms with van der Waals surface area (Å²) in [4.78, 5) is 0. The molecule has 2 aromatic carbocycles. The summed E-state index contributed by atoms with van der Waals surface area (Å²) in [5.41, 5.74) is 7.32. The van der Waals surface area contributed by atoms with Crippen LogP contribution in [0.2, 0.25) is 0 Å². The number of hydrogen-bond donors (Lipinski definition) is 1. The number of methoxy groups -OCH3 is 1. The van der Waals surface area contributed by atoms with Gasteiger partial charge in [0.1, 0.15) is 5.75 Å². The molecule has 0 spiro atoms. The number of ether oxygens (including phenoxy) is 3. The lowest BCUT2D eigenvalue weighted by atomic mass is 9.92. The van der Waals surface area contributed by atoms with Crippen molar-refractivity contribution in [1.82, 2.24) is 0 Å². The van der Waals surface area contributed by atoms with E-state index >= 15 is 0 Å². The molecule has 0 aromatic heterocycles. The second-order valence-electron chi connectivity index (χ2n) is 6.60. The van der Waals surface area contributed by atoms with Gasteiger partial charge in [-0.2, -0.15) is 0 Å². The van der Waals surface area contributed by atoms with E-state index in [0.717, 1.165) is 12.2 Å². The average Bonchev–Trinajstić information content (AvgIpc) is 2.61. The minimum absolute atomic E-state index is 0. The van der Waals surface area contributed by atoms with E-state index in [1.807, 2.05) is 13.0 Å². The van der Waals surface area contributed by atoms with Gasteiger partial charge in [0.25, 0.3) is 0 Å². The van der Waals surface area contributed by atoms with E-state index in [1.165, 1.54) is 16.3 Å². The van der Waals surface area contributed by atoms with Crippen molar-refractivity contribution >= 4 is 23.2 Å². The van der Waals surface area contributed by atoms with Crippen LogP contribution in [0.5, 0.6) is 5.75 Å². The van der Waals surface area contributed by atoms with E-state index in [1.54, 1.807) is 7.11 Å². The first kappa shape index (κ1) is 20.0. The normalized spacial score (nSPS) is 22.9. The summed E-state index contributed by atoms with van der Waals surface area (Å²) >= 11 is 0. The zero-order valence-corrected chi connectivity index (χ0v) is 15.9. The van der Waals surface area contributed by atoms with E-state index in [0.29, 0.717) is 13.2 Å². The molecule has 1 saturated heterocycles. The molecule has 2 aromatic rings. The van der Waals surface area contributed by atoms with Crippen LogP contribution in [0.4, 0.5) is 0 Å². The molecule has 1 aliphatic rings. The Morgan fingerprint density at radius 3 is 2.52 bits per heavy atom. The molecule has 4 nitrogen and oxygen atoms in total. The van der Waals surface area contributed by atoms with Crippen molar-refractivity contribution in [2.24, 2.45) is 11.7 Å². The van der Waals surface area contributed by atoms with Gasteiger partial charge in [0.2, 0.25) is 0 Å². The number of benzene rings is 2. The highest BCUT2D eigenvalue weighted by Crippen LogP contribution is 2.32. The molecule has 1 aliphatic heterocycles. The second-order valence-corrected chi connectivity index (χ2v) is 6.60. The molecule has 0 radical (unpaired) electrons. The van der Waals surface area contributed by atoms with Crippen LogP contribution < -0.4 is 10.5 Å². The monoisotopic (exact) mass is 365 g/mol. The minimum Gasteiger partial charge on any atom is -0.497 e. The highest BCUT2D eigenvalue weighted by molar-refractivity contribution is 5.87. The van der Waals surface area contributed by atoms with Crippen LogP contribution in [0.25, 0.3) is 10.8 Å². The van der Waals surface area contributed by atoms with Gasteiger partial charge in [-0.15, -0.1) is 12.4 Å². The first-order valence-electron chi connectivity index (χ1n) is 8.69. The van der Waals surface area contributed by atoms with Crippen molar-refractivity contribution in [1.29, 1.82) is 0 Å². The van der Waals surface area contributed by atoms with Gasteiger partial charge in [-0.1, -0.05) is 31.2 Å². The molecule has 2 unspecified atom stereocenters. The van der Waals surface area contributed by atoms with Gasteiger partial charge >= 0.3 is 0 Å². The Balaban J connectivity index is 0.00000225. The lowest BCUT2D eigenvalue weighted by Crippen LogP contribution is -2.42. The number of fused-ring (bicyclic) bond motifs is 1. The van der Waals surface area contributed by atoms with Crippen LogP contribution in [-0.4, -0.2) is 32.7 Å². The maximum Gasteiger partial charge on any atom is 0.161 e. The molecule has 5 heteroatoms. The number of nitrogens with two attached hydrogens (primary N) is 1. The van der Waals surface area contributed by atoms with E-state index in [9.17, 15) is 0 Å². The van der Waals surface area contributed by atoms with Gasteiger partial charge in [-0.3, -0.25) is 0 Å². The maximum atomic E-state index is 6.05. The van der Waals surface area contributed by atoms with Crippen molar-refractivity contribution in [3.63, 3.8) is 0 Å². The Labute approximate surface area is 156 Å². The Morgan fingerprint density at radius 1 is 1.20 bits per heavy atom. The fraction of sp³-hybridized carbons (Fsp3) is 0.500. The van der Waals surface area contributed by atoms with E-state index in [4.69, 9.17) is 19.9 Å². The average molecular weight is 366 g/mol. The molecule has 0 aliphatic carbocycles. The van der Waals surface area contributed by atoms with Crippen LogP contribution >= 0.6 is 12.4 Å². The zero-order chi connectivity index (χ0) is 17.1. The topological polar surface area (TPSA) is 53.7 Å². The summed E-state index contributed by atoms with van der Waals surface area (Å²) < 4.78 is 17.4. The van der Waals surface area contributed by atoms with E-state index < -0.39 is 0 Å². The smallest absolute Gasteiger partial charge is 0.161 e. The van der Waals surface area contributed by atoms with Crippen molar-refractivity contribution in [2.75, 3.05) is 20.3 Å². The summed E-state index contributed by atoms with van der Waals surface area (Å²) in [5.74, 6) is 1.35. The molecular weight excluding hydrogens is 338 g/mol. The molecule has 0 amide bonds. The Hall–Kier alpha value is -1.33. The lowest BCUT2D eigenvalue weighted by molar-refractivity contribution is -0.215. The largest absolute Gasteiger partial charge is 0.497 e. The summed E-state index contributed by atoms with van der Waals surface area (Å²) in [6.45, 7) is 5.48. The third kappa shape index (κ3) is 4.26. The van der Waals surface area contributed by atoms with Gasteiger partial charge in [0.15, 0.2) is 6.29 Å². The quantitative estimate of drug-likeness (QED) is 0.866. The first-order chi connectivity index (χ1) is 11.6. The number of rotatable bonds is 5. The predicted molar refractivity (Wildman–Crippen MR) is 104 cm³/mol. The van der Waals surface area contributed by atoms with Crippen molar-refractivity contribution in [2.45, 2.75) is 38.5 Å². The van der Waals surface area contributed by atoms with Gasteiger partial charge in [-0.05, 0) is 41.8 Å². The Morgan fingerprint density at radius 2 is 1.92 bits per heavy atom. The molecule has 0 saturated carbocycles. The number of halogens is 1. The molecule has 2 atom stereocenters. The van der Waals surface area contributed by atoms with E-state index in [2.05, 4.69) is 37.3 Å². The van der Waals surface area contributed by atoms with Crippen molar-refractivity contribution < 1.29 is 14.2 Å². The molecule has 138 valence electrons. The third-order valence-corrected chi connectivity index (χ3v) is 4.98. The predicted octanol–water partition coefficient (Wildman–Crippen LogP) is 4.10. The van der Waals surface area contributed by atoms with Crippen molar-refractivity contribution in [3.8, 4) is 5.75 Å². The Kier molecular flexibility index (Phi) is 7.08. The fourth-order valence-electron chi connectivity index (χ4n) is 3.53. The molecule has 1 fully saturated rings. The van der Waals surface area contributed by atoms with E-state index in [-0.39, 0.29) is 36.6 Å². The lowest BCUT2D eigenvalue weighted by Gasteiger charge is -2.35. The van der Waals surface area contributed by atoms with Gasteiger partial charge in [-0.25, -0.2) is 0 Å². The minimum atomic E-state index is -0.193. The third-order valence-electron chi connectivity index (χ3n) is 4.98. The van der Waals surface area contributed by atoms with Crippen LogP contribution in [0.3, 0.4) is 0 Å². The van der Waals surface area contributed by atoms with Crippen LogP contribution in [0, 0.1) is 5.92 Å². The molecule has 25 heavy (non-hydrogen) atoms. The molecule has 3 rings (SSSR count). The van der Waals surface area contributed by atoms with Crippen LogP contribution in [0.15, 0.2) is 36.4 Å². The van der Waals surface area contributed by atoms with Crippen LogP contribution in [-0.2, 0) is 9.47 Å². The summed E-state index contributed by atoms with van der Waals surface area (Å²) in [6, 6.07) is 12.6. The molecule has 0 bridgehead atoms. The molecular formula is C20H28ClNO3. The summed E-state index contributed by atoms with van der Waals surface area (Å²) in [6.07, 6.45) is 0.766. The first-order valence-corrected chi connectivity index (χ1v) is 8.69. The molecule has 2 N–H and O–H groups in total. The summed E-state index contributed by atoms with van der Waals surface area (Å²) in [5, 5.41) is 2.41. The van der Waals surface area contributed by atoms with Crippen LogP contribution in [0.1, 0.15) is 31.7 Å². The van der Waals surface area contributed by atoms with Gasteiger partial charge < -0.3 is 19.9 Å². The molecule has 1 heterocycles. The SMILES string of the molecule is CCC(C(C)N)C1OCC(c2cccc3cc(OC)ccc23)CO1.Cl. The van der Waals surface area contributed by atoms with Crippen molar-refractivity contribution in [3.05, 3.63) is 42.0 Å². The van der Waals surface area contributed by atoms with Gasteiger partial charge in [0.05, 0.1) is 20.3 Å². The fourth-order valence-corrected chi connectivity index (χ4v) is 3.53. The number of hydrogen-bond acceptors (Lipinski definition) is 4. The highest BCUT2D eigenvalue weighted by Gasteiger charge is 2.31. The standard InChI is InChI=1S/C20H27NO3.ClH/c1-4-17(13(2)21)20-23-11-15(12-24-20)18-7-5-6-14-10-16(22-3)8-9-19(14)18;/h5-10,13,15,17,20H,4,11-12,21H2,1-3H3;1H. The zero-order valence-electron chi connectivity index (χ0n) is 15.1. The highest BCUT2D eigenvalue weighted by atomic mass is 35.5. The van der Waals surface area contributed by atoms with Gasteiger partial charge in [0, 0.05) is 17.9 Å². The maximum absolute atomic E-state index is 6.05. The Bertz CT molecular complexity index is 684. The summed E-state index contributed by atoms with van der Waals surface area (Å²) in [7, 11) is 1.69.